The Morgan fingerprint density at radius 1 is 1.11 bits per heavy atom. The Kier molecular flexibility index (Phi) is 9.24. The Balaban J connectivity index is 1.68. The maximum Gasteiger partial charge on any atom is 0.268 e. The maximum atomic E-state index is 12.5. The van der Waals surface area contributed by atoms with Crippen LogP contribution in [-0.4, -0.2) is 50.6 Å². The second kappa shape index (κ2) is 12.3. The molecule has 1 amide bonds. The molecule has 3 rings (SSSR count). The molecular weight excluding hydrogens is 528 g/mol. The van der Waals surface area contributed by atoms with Crippen molar-refractivity contribution in [2.24, 2.45) is 0 Å². The predicted octanol–water partition coefficient (Wildman–Crippen LogP) is 4.00. The van der Waals surface area contributed by atoms with Gasteiger partial charge in [-0.3, -0.25) is 10.1 Å². The molecule has 10 nitrogen and oxygen atoms in total. The molecule has 1 N–H and O–H groups in total. The van der Waals surface area contributed by atoms with Crippen LogP contribution in [0, 0.1) is 11.3 Å². The third-order valence-corrected chi connectivity index (χ3v) is 7.14. The maximum absolute atomic E-state index is 12.5. The Morgan fingerprint density at radius 3 is 2.47 bits per heavy atom. The van der Waals surface area contributed by atoms with Gasteiger partial charge in [0.1, 0.15) is 30.6 Å². The van der Waals surface area contributed by atoms with Crippen LogP contribution in [0.2, 0.25) is 5.02 Å². The first-order valence-corrected chi connectivity index (χ1v) is 13.5. The van der Waals surface area contributed by atoms with E-state index in [2.05, 4.69) is 15.5 Å². The standard InChI is InChI=1S/C23H21ClN4O6S2/c1-3-32-20-13-15(8-9-19(20)34-11-10-33-18-7-5-4-6-17(18)24)12-16(14-25)21(29)26-22-27-28-23(35-22)36(2,30)31/h4-9,12-13H,3,10-11H2,1-2H3,(H,26,27,29)/b16-12-. The fourth-order valence-electron chi connectivity index (χ4n) is 2.76. The summed E-state index contributed by atoms with van der Waals surface area (Å²) in [4.78, 5) is 12.5. The highest BCUT2D eigenvalue weighted by molar-refractivity contribution is 7.92. The predicted molar refractivity (Wildman–Crippen MR) is 135 cm³/mol. The van der Waals surface area contributed by atoms with Gasteiger partial charge < -0.3 is 14.2 Å². The normalized spacial score (nSPS) is 11.4. The van der Waals surface area contributed by atoms with Crippen LogP contribution in [0.5, 0.6) is 17.2 Å². The molecule has 1 aromatic heterocycles. The summed E-state index contributed by atoms with van der Waals surface area (Å²) in [6.45, 7) is 2.66. The van der Waals surface area contributed by atoms with E-state index in [0.29, 0.717) is 45.8 Å². The van der Waals surface area contributed by atoms with Gasteiger partial charge in [0.15, 0.2) is 11.5 Å². The minimum atomic E-state index is -3.56. The van der Waals surface area contributed by atoms with Gasteiger partial charge in [-0.25, -0.2) is 8.42 Å². The van der Waals surface area contributed by atoms with Gasteiger partial charge in [-0.2, -0.15) is 5.26 Å². The molecule has 36 heavy (non-hydrogen) atoms. The van der Waals surface area contributed by atoms with Crippen LogP contribution in [0.3, 0.4) is 0 Å². The molecule has 0 fully saturated rings. The number of hydrogen-bond donors (Lipinski definition) is 1. The molecule has 13 heteroatoms. The molecule has 0 saturated carbocycles. The first-order chi connectivity index (χ1) is 17.2. The van der Waals surface area contributed by atoms with Gasteiger partial charge in [-0.15, -0.1) is 10.2 Å². The van der Waals surface area contributed by atoms with Crippen molar-refractivity contribution in [3.05, 3.63) is 58.6 Å². The summed E-state index contributed by atoms with van der Waals surface area (Å²) in [5.41, 5.74) is 0.286. The van der Waals surface area contributed by atoms with Crippen molar-refractivity contribution in [2.45, 2.75) is 11.3 Å². The van der Waals surface area contributed by atoms with E-state index in [1.54, 1.807) is 30.3 Å². The smallest absolute Gasteiger partial charge is 0.268 e. The van der Waals surface area contributed by atoms with Crippen LogP contribution in [-0.2, 0) is 14.6 Å². The molecule has 0 aliphatic carbocycles. The quantitative estimate of drug-likeness (QED) is 0.163. The van der Waals surface area contributed by atoms with Gasteiger partial charge in [-0.05, 0) is 42.8 Å². The molecular formula is C23H21ClN4O6S2. The van der Waals surface area contributed by atoms with Crippen LogP contribution < -0.4 is 19.5 Å². The van der Waals surface area contributed by atoms with E-state index in [0.717, 1.165) is 6.26 Å². The third kappa shape index (κ3) is 7.42. The molecule has 0 aliphatic rings. The molecule has 0 spiro atoms. The van der Waals surface area contributed by atoms with Gasteiger partial charge in [0.25, 0.3) is 5.91 Å². The fourth-order valence-corrected chi connectivity index (χ4v) is 4.45. The zero-order chi connectivity index (χ0) is 26.1. The van der Waals surface area contributed by atoms with Crippen LogP contribution >= 0.6 is 22.9 Å². The minimum absolute atomic E-state index is 0.0423. The lowest BCUT2D eigenvalue weighted by Crippen LogP contribution is -2.13. The van der Waals surface area contributed by atoms with Crippen molar-refractivity contribution in [1.82, 2.24) is 10.2 Å². The monoisotopic (exact) mass is 548 g/mol. The average Bonchev–Trinajstić information content (AvgIpc) is 3.31. The average molecular weight is 549 g/mol. The molecule has 0 atom stereocenters. The van der Waals surface area contributed by atoms with Crippen LogP contribution in [0.1, 0.15) is 12.5 Å². The number of rotatable bonds is 11. The number of para-hydroxylation sites is 1. The first-order valence-electron chi connectivity index (χ1n) is 10.4. The molecule has 188 valence electrons. The van der Waals surface area contributed by atoms with Crippen LogP contribution in [0.4, 0.5) is 5.13 Å². The van der Waals surface area contributed by atoms with E-state index in [4.69, 9.17) is 25.8 Å². The van der Waals surface area contributed by atoms with E-state index in [1.165, 1.54) is 6.08 Å². The number of carbonyl (C=O) groups excluding carboxylic acids is 1. The lowest BCUT2D eigenvalue weighted by Gasteiger charge is -2.13. The van der Waals surface area contributed by atoms with Gasteiger partial charge in [0.2, 0.25) is 19.3 Å². The summed E-state index contributed by atoms with van der Waals surface area (Å²) in [5.74, 6) is 0.672. The number of benzene rings is 2. The summed E-state index contributed by atoms with van der Waals surface area (Å²) in [6.07, 6.45) is 2.34. The summed E-state index contributed by atoms with van der Waals surface area (Å²) in [7, 11) is -3.56. The van der Waals surface area contributed by atoms with Crippen LogP contribution in [0.15, 0.2) is 52.4 Å². The second-order valence-electron chi connectivity index (χ2n) is 7.04. The Bertz CT molecular complexity index is 1420. The summed E-state index contributed by atoms with van der Waals surface area (Å²) >= 11 is 6.76. The van der Waals surface area contributed by atoms with Crippen molar-refractivity contribution in [3.63, 3.8) is 0 Å². The third-order valence-electron chi connectivity index (χ3n) is 4.32. The van der Waals surface area contributed by atoms with E-state index in [9.17, 15) is 18.5 Å². The van der Waals surface area contributed by atoms with Gasteiger partial charge in [0.05, 0.1) is 11.6 Å². The van der Waals surface area contributed by atoms with Crippen molar-refractivity contribution in [3.8, 4) is 23.3 Å². The number of ether oxygens (including phenoxy) is 3. The Labute approximate surface area is 217 Å². The second-order valence-corrected chi connectivity index (χ2v) is 10.6. The van der Waals surface area contributed by atoms with Gasteiger partial charge in [-0.1, -0.05) is 41.1 Å². The van der Waals surface area contributed by atoms with E-state index < -0.39 is 15.7 Å². The van der Waals surface area contributed by atoms with E-state index >= 15 is 0 Å². The van der Waals surface area contributed by atoms with Crippen molar-refractivity contribution >= 4 is 49.9 Å². The number of nitriles is 1. The Morgan fingerprint density at radius 2 is 1.83 bits per heavy atom. The number of aromatic nitrogens is 2. The zero-order valence-electron chi connectivity index (χ0n) is 19.2. The molecule has 0 radical (unpaired) electrons. The molecule has 0 unspecified atom stereocenters. The largest absolute Gasteiger partial charge is 0.490 e. The molecule has 0 bridgehead atoms. The topological polar surface area (TPSA) is 140 Å². The number of hydrogen-bond acceptors (Lipinski definition) is 10. The number of amides is 1. The number of nitrogens with one attached hydrogen (secondary N) is 1. The molecule has 2 aromatic carbocycles. The van der Waals surface area contributed by atoms with Crippen molar-refractivity contribution in [1.29, 1.82) is 5.26 Å². The minimum Gasteiger partial charge on any atom is -0.490 e. The highest BCUT2D eigenvalue weighted by Crippen LogP contribution is 2.30. The molecule has 0 saturated heterocycles. The van der Waals surface area contributed by atoms with E-state index in [-0.39, 0.29) is 28.3 Å². The first kappa shape index (κ1) is 26.9. The molecule has 3 aromatic rings. The summed E-state index contributed by atoms with van der Waals surface area (Å²) < 4.78 is 39.9. The highest BCUT2D eigenvalue weighted by atomic mass is 35.5. The number of carbonyl (C=O) groups is 1. The zero-order valence-corrected chi connectivity index (χ0v) is 21.6. The summed E-state index contributed by atoms with van der Waals surface area (Å²) in [5, 5.41) is 19.5. The van der Waals surface area contributed by atoms with Crippen molar-refractivity contribution in [2.75, 3.05) is 31.4 Å². The van der Waals surface area contributed by atoms with Crippen molar-refractivity contribution < 1.29 is 27.4 Å². The van der Waals surface area contributed by atoms with E-state index in [1.807, 2.05) is 25.1 Å². The van der Waals surface area contributed by atoms with Crippen LogP contribution in [0.25, 0.3) is 6.08 Å². The molecule has 1 heterocycles. The lowest BCUT2D eigenvalue weighted by molar-refractivity contribution is -0.112. The number of sulfone groups is 1. The number of nitrogens with zero attached hydrogens (tertiary/aromatic N) is 3. The number of anilines is 1. The highest BCUT2D eigenvalue weighted by Gasteiger charge is 2.18. The number of halogens is 1. The molecule has 0 aliphatic heterocycles. The van der Waals surface area contributed by atoms with Gasteiger partial charge >= 0.3 is 0 Å². The summed E-state index contributed by atoms with van der Waals surface area (Å²) in [6, 6.07) is 13.9. The van der Waals surface area contributed by atoms with Gasteiger partial charge in [0, 0.05) is 6.26 Å². The SMILES string of the molecule is CCOc1cc(/C=C(/C#N)C(=O)Nc2nnc(S(C)(=O)=O)s2)ccc1OCCOc1ccccc1Cl. The lowest BCUT2D eigenvalue weighted by atomic mass is 10.1. The Hall–Kier alpha value is -3.66. The fraction of sp³-hybridized carbons (Fsp3) is 0.217.